The molecule has 1 amide bonds. The molecule has 0 atom stereocenters. The molecular weight excluding hydrogens is 319 g/mol. The molecule has 0 radical (unpaired) electrons. The van der Waals surface area contributed by atoms with Gasteiger partial charge in [0.25, 0.3) is 0 Å². The van der Waals surface area contributed by atoms with Gasteiger partial charge in [-0.2, -0.15) is 24.6 Å². The minimum atomic E-state index is 0. The molecule has 0 saturated carbocycles. The van der Waals surface area contributed by atoms with Gasteiger partial charge in [0.05, 0.1) is 0 Å². The Morgan fingerprint density at radius 3 is 1.88 bits per heavy atom. The molecule has 0 aliphatic rings. The monoisotopic (exact) mass is 336 g/mol. The van der Waals surface area contributed by atoms with Crippen LogP contribution in [0.1, 0.15) is 18.1 Å². The van der Waals surface area contributed by atoms with E-state index in [1.54, 1.807) is 14.1 Å². The minimum absolute atomic E-state index is 0. The van der Waals surface area contributed by atoms with E-state index in [9.17, 15) is 4.79 Å². The number of hydrogen-bond acceptors (Lipinski definition) is 1. The Morgan fingerprint density at radius 1 is 1.25 bits per heavy atom. The van der Waals surface area contributed by atoms with Crippen LogP contribution in [0.4, 0.5) is 0 Å². The van der Waals surface area contributed by atoms with Crippen LogP contribution in [-0.2, 0) is 30.7 Å². The van der Waals surface area contributed by atoms with Gasteiger partial charge in [0.2, 0.25) is 6.41 Å². The van der Waals surface area contributed by atoms with E-state index < -0.39 is 0 Å². The third kappa shape index (κ3) is 11.7. The second-order valence-electron chi connectivity index (χ2n) is 3.24. The predicted octanol–water partition coefficient (Wildman–Crippen LogP) is 2.71. The number of carbonyl (C=O) groups is 1. The van der Waals surface area contributed by atoms with Gasteiger partial charge in [-0.05, 0) is 6.42 Å². The first-order chi connectivity index (χ1) is 6.60. The van der Waals surface area contributed by atoms with E-state index in [1.807, 2.05) is 12.1 Å². The Balaban J connectivity index is -0.000000214. The van der Waals surface area contributed by atoms with Gasteiger partial charge in [-0.3, -0.25) is 4.79 Å². The van der Waals surface area contributed by atoms with E-state index in [2.05, 4.69) is 26.0 Å². The van der Waals surface area contributed by atoms with Crippen LogP contribution in [0.5, 0.6) is 0 Å². The van der Waals surface area contributed by atoms with Crippen molar-refractivity contribution in [1.82, 2.24) is 4.90 Å². The average molecular weight is 339 g/mol. The van der Waals surface area contributed by atoms with E-state index in [-0.39, 0.29) is 36.5 Å². The van der Waals surface area contributed by atoms with Crippen molar-refractivity contribution in [3.63, 3.8) is 0 Å². The van der Waals surface area contributed by atoms with Crippen molar-refractivity contribution in [2.24, 2.45) is 0 Å². The fraction of sp³-hybridized carbons (Fsp3) is 0.333. The standard InChI is InChI=1S/C9H11.C3H7NO.BrH.Zn/c1-3-9-6-4-8(2)5-7-9;1-4(2)3-5;;/h4-7H,2-3H2,1H3;3H,1-2H3;1H;/q-1;;;. The molecule has 1 rings (SSSR count). The van der Waals surface area contributed by atoms with Crippen LogP contribution >= 0.6 is 17.0 Å². The number of rotatable bonds is 2. The maximum atomic E-state index is 9.43. The summed E-state index contributed by atoms with van der Waals surface area (Å²) in [5, 5.41) is 0. The third-order valence-corrected chi connectivity index (χ3v) is 1.64. The maximum absolute atomic E-state index is 9.43. The summed E-state index contributed by atoms with van der Waals surface area (Å²) in [5.74, 6) is 0. The van der Waals surface area contributed by atoms with E-state index in [1.165, 1.54) is 10.5 Å². The van der Waals surface area contributed by atoms with Crippen LogP contribution in [0.3, 0.4) is 0 Å². The normalized spacial score (nSPS) is 7.44. The third-order valence-electron chi connectivity index (χ3n) is 1.64. The van der Waals surface area contributed by atoms with Gasteiger partial charge in [0, 0.05) is 33.6 Å². The number of aryl methyl sites for hydroxylation is 1. The van der Waals surface area contributed by atoms with E-state index in [4.69, 9.17) is 0 Å². The molecule has 0 fully saturated rings. The summed E-state index contributed by atoms with van der Waals surface area (Å²) in [4.78, 5) is 10.9. The van der Waals surface area contributed by atoms with Crippen molar-refractivity contribution in [3.8, 4) is 0 Å². The maximum Gasteiger partial charge on any atom is 0.209 e. The number of benzene rings is 1. The summed E-state index contributed by atoms with van der Waals surface area (Å²) in [7, 11) is 3.38. The first kappa shape index (κ1) is 21.0. The molecule has 0 unspecified atom stereocenters. The van der Waals surface area contributed by atoms with Gasteiger partial charge in [0.15, 0.2) is 0 Å². The number of carbonyl (C=O) groups excluding carboxylic acids is 1. The Bertz CT molecular complexity index is 262. The topological polar surface area (TPSA) is 20.3 Å². The molecular formula is C12H19BrNOZn-. The molecule has 0 spiro atoms. The number of nitrogens with zero attached hydrogens (tertiary/aromatic N) is 1. The van der Waals surface area contributed by atoms with Crippen LogP contribution in [-0.4, -0.2) is 25.4 Å². The van der Waals surface area contributed by atoms with E-state index >= 15 is 0 Å². The molecule has 1 aromatic carbocycles. The predicted molar refractivity (Wildman–Crippen MR) is 70.4 cm³/mol. The smallest absolute Gasteiger partial charge is 0.209 e. The van der Waals surface area contributed by atoms with Crippen LogP contribution < -0.4 is 0 Å². The quantitative estimate of drug-likeness (QED) is 0.461. The average Bonchev–Trinajstić information content (AvgIpc) is 2.20. The fourth-order valence-electron chi connectivity index (χ4n) is 0.775. The Kier molecular flexibility index (Phi) is 16.7. The van der Waals surface area contributed by atoms with Crippen LogP contribution in [0.15, 0.2) is 24.3 Å². The second-order valence-corrected chi connectivity index (χ2v) is 3.24. The largest absolute Gasteiger partial charge is 0.351 e. The zero-order valence-electron chi connectivity index (χ0n) is 10.3. The van der Waals surface area contributed by atoms with Crippen molar-refractivity contribution in [1.29, 1.82) is 0 Å². The Morgan fingerprint density at radius 2 is 1.62 bits per heavy atom. The zero-order chi connectivity index (χ0) is 11.0. The summed E-state index contributed by atoms with van der Waals surface area (Å²) < 4.78 is 0. The molecule has 88 valence electrons. The van der Waals surface area contributed by atoms with Crippen molar-refractivity contribution in [2.75, 3.05) is 14.1 Å². The molecule has 0 N–H and O–H groups in total. The first-order valence-corrected chi connectivity index (χ1v) is 4.62. The molecule has 16 heavy (non-hydrogen) atoms. The Hall–Kier alpha value is -0.337. The fourth-order valence-corrected chi connectivity index (χ4v) is 0.775. The molecule has 2 nitrogen and oxygen atoms in total. The molecule has 0 bridgehead atoms. The van der Waals surface area contributed by atoms with Gasteiger partial charge in [0.1, 0.15) is 0 Å². The minimum Gasteiger partial charge on any atom is -0.351 e. The second kappa shape index (κ2) is 12.7. The molecule has 1 aromatic rings. The van der Waals surface area contributed by atoms with Crippen molar-refractivity contribution in [2.45, 2.75) is 13.3 Å². The summed E-state index contributed by atoms with van der Waals surface area (Å²) in [6.07, 6.45) is 1.86. The van der Waals surface area contributed by atoms with E-state index in [0.29, 0.717) is 0 Å². The van der Waals surface area contributed by atoms with E-state index in [0.717, 1.165) is 18.4 Å². The van der Waals surface area contributed by atoms with Gasteiger partial charge in [-0.1, -0.05) is 12.5 Å². The molecule has 0 aliphatic heterocycles. The molecule has 0 aromatic heterocycles. The number of hydrogen-bond donors (Lipinski definition) is 0. The van der Waals surface area contributed by atoms with Gasteiger partial charge in [-0.25, -0.2) is 0 Å². The van der Waals surface area contributed by atoms with Crippen LogP contribution in [0, 0.1) is 6.92 Å². The summed E-state index contributed by atoms with van der Waals surface area (Å²) in [5.41, 5.74) is 2.47. The van der Waals surface area contributed by atoms with Crippen LogP contribution in [0.25, 0.3) is 0 Å². The van der Waals surface area contributed by atoms with Gasteiger partial charge in [-0.15, -0.1) is 29.1 Å². The molecule has 4 heteroatoms. The molecule has 0 saturated heterocycles. The van der Waals surface area contributed by atoms with Crippen molar-refractivity contribution >= 4 is 23.4 Å². The zero-order valence-corrected chi connectivity index (χ0v) is 15.0. The number of halogens is 1. The SMILES string of the molecule is Br.CN(C)C=O.[CH2-]c1ccc(CC)cc1.[Zn]. The summed E-state index contributed by atoms with van der Waals surface area (Å²) >= 11 is 0. The van der Waals surface area contributed by atoms with Gasteiger partial charge >= 0.3 is 0 Å². The number of amides is 1. The Labute approximate surface area is 122 Å². The molecule has 0 aliphatic carbocycles. The first-order valence-electron chi connectivity index (χ1n) is 4.62. The molecule has 0 heterocycles. The van der Waals surface area contributed by atoms with Crippen LogP contribution in [0.2, 0.25) is 0 Å². The van der Waals surface area contributed by atoms with Gasteiger partial charge < -0.3 is 4.90 Å². The van der Waals surface area contributed by atoms with Crippen molar-refractivity contribution < 1.29 is 24.3 Å². The summed E-state index contributed by atoms with van der Waals surface area (Å²) in [6.45, 7) is 5.95. The summed E-state index contributed by atoms with van der Waals surface area (Å²) in [6, 6.07) is 8.31. The van der Waals surface area contributed by atoms with Crippen molar-refractivity contribution in [3.05, 3.63) is 42.3 Å².